The third kappa shape index (κ3) is 3.46. The van der Waals surface area contributed by atoms with Crippen LogP contribution in [0.3, 0.4) is 0 Å². The Morgan fingerprint density at radius 1 is 1.47 bits per heavy atom. The first-order chi connectivity index (χ1) is 8.29. The third-order valence-corrected chi connectivity index (χ3v) is 3.43. The van der Waals surface area contributed by atoms with Gasteiger partial charge in [-0.2, -0.15) is 5.10 Å². The lowest BCUT2D eigenvalue weighted by atomic mass is 10.2. The Morgan fingerprint density at radius 2 is 2.35 bits per heavy atom. The molecule has 0 radical (unpaired) electrons. The highest BCUT2D eigenvalue weighted by atomic mass is 35.5. The van der Waals surface area contributed by atoms with E-state index in [2.05, 4.69) is 27.4 Å². The van der Waals surface area contributed by atoms with Crippen molar-refractivity contribution in [3.8, 4) is 0 Å². The molecule has 0 saturated carbocycles. The monoisotopic (exact) mass is 268 g/mol. The van der Waals surface area contributed by atoms with Gasteiger partial charge in [-0.15, -0.1) is 0 Å². The summed E-state index contributed by atoms with van der Waals surface area (Å²) in [5, 5.41) is 11.4. The van der Waals surface area contributed by atoms with Crippen molar-refractivity contribution in [3.63, 3.8) is 0 Å². The molecule has 90 valence electrons. The van der Waals surface area contributed by atoms with Gasteiger partial charge in [-0.3, -0.25) is 5.10 Å². The molecule has 0 unspecified atom stereocenters. The summed E-state index contributed by atoms with van der Waals surface area (Å²) in [5.74, 6) is 0. The van der Waals surface area contributed by atoms with Gasteiger partial charge in [0.1, 0.15) is 6.33 Å². The topological polar surface area (TPSA) is 53.6 Å². The molecule has 0 aliphatic heterocycles. The quantitative estimate of drug-likeness (QED) is 0.876. The van der Waals surface area contributed by atoms with Crippen molar-refractivity contribution in [1.29, 1.82) is 0 Å². The standard InChI is InChI=1S/C11H13ClN4S/c1-2-13-6-8-3-4-9(5-10(8)12)17-11-14-7-15-16-11/h3-5,7,13H,2,6H2,1H3,(H,14,15,16). The summed E-state index contributed by atoms with van der Waals surface area (Å²) in [6.07, 6.45) is 1.49. The summed E-state index contributed by atoms with van der Waals surface area (Å²) in [5.41, 5.74) is 1.11. The molecule has 2 N–H and O–H groups in total. The summed E-state index contributed by atoms with van der Waals surface area (Å²) in [6.45, 7) is 3.80. The first-order valence-corrected chi connectivity index (χ1v) is 6.51. The van der Waals surface area contributed by atoms with Gasteiger partial charge in [0.25, 0.3) is 0 Å². The van der Waals surface area contributed by atoms with Crippen molar-refractivity contribution in [2.24, 2.45) is 0 Å². The fourth-order valence-electron chi connectivity index (χ4n) is 1.35. The first-order valence-electron chi connectivity index (χ1n) is 5.32. The number of aromatic nitrogens is 3. The Kier molecular flexibility index (Phi) is 4.42. The van der Waals surface area contributed by atoms with E-state index in [1.807, 2.05) is 18.2 Å². The number of benzene rings is 1. The highest BCUT2D eigenvalue weighted by Gasteiger charge is 2.04. The molecule has 2 aromatic rings. The second kappa shape index (κ2) is 6.05. The van der Waals surface area contributed by atoms with Gasteiger partial charge in [0.05, 0.1) is 0 Å². The van der Waals surface area contributed by atoms with Crippen LogP contribution in [0.1, 0.15) is 12.5 Å². The number of hydrogen-bond acceptors (Lipinski definition) is 4. The predicted octanol–water partition coefficient (Wildman–Crippen LogP) is 2.72. The van der Waals surface area contributed by atoms with E-state index < -0.39 is 0 Å². The Bertz CT molecular complexity index is 472. The lowest BCUT2D eigenvalue weighted by Crippen LogP contribution is -2.11. The SMILES string of the molecule is CCNCc1ccc(Sc2ncn[nH]2)cc1Cl. The molecule has 6 heteroatoms. The van der Waals surface area contributed by atoms with Crippen LogP contribution in [0.5, 0.6) is 0 Å². The summed E-state index contributed by atoms with van der Waals surface area (Å²) in [4.78, 5) is 5.10. The maximum Gasteiger partial charge on any atom is 0.188 e. The molecule has 1 aromatic heterocycles. The summed E-state index contributed by atoms with van der Waals surface area (Å²) >= 11 is 7.71. The van der Waals surface area contributed by atoms with Crippen LogP contribution in [-0.4, -0.2) is 21.7 Å². The van der Waals surface area contributed by atoms with Gasteiger partial charge in [-0.25, -0.2) is 4.98 Å². The fraction of sp³-hybridized carbons (Fsp3) is 0.273. The number of nitrogens with zero attached hydrogens (tertiary/aromatic N) is 2. The van der Waals surface area contributed by atoms with E-state index in [0.717, 1.165) is 33.7 Å². The van der Waals surface area contributed by atoms with Crippen LogP contribution >= 0.6 is 23.4 Å². The van der Waals surface area contributed by atoms with E-state index in [0.29, 0.717) is 0 Å². The van der Waals surface area contributed by atoms with E-state index in [1.54, 1.807) is 0 Å². The highest BCUT2D eigenvalue weighted by Crippen LogP contribution is 2.28. The number of halogens is 1. The lowest BCUT2D eigenvalue weighted by Gasteiger charge is -2.06. The average molecular weight is 269 g/mol. The van der Waals surface area contributed by atoms with Crippen molar-refractivity contribution in [3.05, 3.63) is 35.1 Å². The number of rotatable bonds is 5. The van der Waals surface area contributed by atoms with Crippen molar-refractivity contribution < 1.29 is 0 Å². The molecule has 0 fully saturated rings. The minimum absolute atomic E-state index is 0.764. The van der Waals surface area contributed by atoms with Crippen molar-refractivity contribution in [1.82, 2.24) is 20.5 Å². The van der Waals surface area contributed by atoms with Crippen LogP contribution < -0.4 is 5.32 Å². The van der Waals surface area contributed by atoms with Gasteiger partial charge in [0, 0.05) is 16.5 Å². The molecular formula is C11H13ClN4S. The number of nitrogens with one attached hydrogen (secondary N) is 2. The van der Waals surface area contributed by atoms with E-state index in [1.165, 1.54) is 18.1 Å². The van der Waals surface area contributed by atoms with Crippen LogP contribution in [0.2, 0.25) is 5.02 Å². The first kappa shape index (κ1) is 12.4. The van der Waals surface area contributed by atoms with Crippen LogP contribution in [0.4, 0.5) is 0 Å². The molecular weight excluding hydrogens is 256 g/mol. The zero-order valence-corrected chi connectivity index (χ0v) is 11.0. The van der Waals surface area contributed by atoms with Crippen molar-refractivity contribution in [2.75, 3.05) is 6.54 Å². The fourth-order valence-corrected chi connectivity index (χ4v) is 2.40. The number of hydrogen-bond donors (Lipinski definition) is 2. The van der Waals surface area contributed by atoms with E-state index in [9.17, 15) is 0 Å². The molecule has 0 aliphatic carbocycles. The average Bonchev–Trinajstić information content (AvgIpc) is 2.81. The molecule has 1 heterocycles. The second-order valence-electron chi connectivity index (χ2n) is 3.43. The van der Waals surface area contributed by atoms with Gasteiger partial charge >= 0.3 is 0 Å². The summed E-state index contributed by atoms with van der Waals surface area (Å²) < 4.78 is 0. The van der Waals surface area contributed by atoms with Gasteiger partial charge in [-0.1, -0.05) is 36.4 Å². The molecule has 1 aromatic carbocycles. The normalized spacial score (nSPS) is 10.7. The molecule has 0 spiro atoms. The zero-order valence-electron chi connectivity index (χ0n) is 9.40. The molecule has 0 saturated heterocycles. The van der Waals surface area contributed by atoms with Gasteiger partial charge in [0.2, 0.25) is 0 Å². The molecule has 2 rings (SSSR count). The number of aromatic amines is 1. The van der Waals surface area contributed by atoms with Gasteiger partial charge in [-0.05, 0) is 24.2 Å². The summed E-state index contributed by atoms with van der Waals surface area (Å²) in [6, 6.07) is 6.01. The smallest absolute Gasteiger partial charge is 0.188 e. The summed E-state index contributed by atoms with van der Waals surface area (Å²) in [7, 11) is 0. The van der Waals surface area contributed by atoms with Crippen LogP contribution in [0.25, 0.3) is 0 Å². The van der Waals surface area contributed by atoms with Crippen LogP contribution in [0.15, 0.2) is 34.6 Å². The molecule has 17 heavy (non-hydrogen) atoms. The maximum absolute atomic E-state index is 6.21. The molecule has 4 nitrogen and oxygen atoms in total. The Morgan fingerprint density at radius 3 is 3.00 bits per heavy atom. The molecule has 0 bridgehead atoms. The Balaban J connectivity index is 2.08. The van der Waals surface area contributed by atoms with Gasteiger partial charge < -0.3 is 5.32 Å². The van der Waals surface area contributed by atoms with E-state index in [-0.39, 0.29) is 0 Å². The minimum Gasteiger partial charge on any atom is -0.313 e. The highest BCUT2D eigenvalue weighted by molar-refractivity contribution is 7.99. The zero-order chi connectivity index (χ0) is 12.1. The van der Waals surface area contributed by atoms with Crippen molar-refractivity contribution in [2.45, 2.75) is 23.5 Å². The largest absolute Gasteiger partial charge is 0.313 e. The Labute approximate surface area is 109 Å². The lowest BCUT2D eigenvalue weighted by molar-refractivity contribution is 0.726. The van der Waals surface area contributed by atoms with Crippen molar-refractivity contribution >= 4 is 23.4 Å². The Hall–Kier alpha value is -1.04. The van der Waals surface area contributed by atoms with Gasteiger partial charge in [0.15, 0.2) is 5.16 Å². The molecule has 0 aliphatic rings. The van der Waals surface area contributed by atoms with E-state index in [4.69, 9.17) is 11.6 Å². The second-order valence-corrected chi connectivity index (χ2v) is 4.90. The molecule has 0 atom stereocenters. The predicted molar refractivity (Wildman–Crippen MR) is 69.3 cm³/mol. The van der Waals surface area contributed by atoms with Crippen LogP contribution in [-0.2, 0) is 6.54 Å². The molecule has 0 amide bonds. The third-order valence-electron chi connectivity index (χ3n) is 2.20. The van der Waals surface area contributed by atoms with Crippen LogP contribution in [0, 0.1) is 0 Å². The maximum atomic E-state index is 6.21. The minimum atomic E-state index is 0.764. The van der Waals surface area contributed by atoms with E-state index >= 15 is 0 Å². The number of H-pyrrole nitrogens is 1.